The maximum atomic E-state index is 12.1. The van der Waals surface area contributed by atoms with Crippen molar-refractivity contribution in [2.24, 2.45) is 0 Å². The van der Waals surface area contributed by atoms with Crippen LogP contribution in [0.5, 0.6) is 0 Å². The molecule has 0 unspecified atom stereocenters. The Labute approximate surface area is 198 Å². The quantitative estimate of drug-likeness (QED) is 0.395. The number of fused-ring (bicyclic) bond motifs is 1. The lowest BCUT2D eigenvalue weighted by atomic mass is 10.0. The number of nitrogens with one attached hydrogen (secondary N) is 1. The van der Waals surface area contributed by atoms with Gasteiger partial charge in [-0.25, -0.2) is 9.78 Å². The lowest BCUT2D eigenvalue weighted by molar-refractivity contribution is 0.0698. The van der Waals surface area contributed by atoms with Gasteiger partial charge in [-0.15, -0.1) is 0 Å². The molecule has 0 aliphatic heterocycles. The number of aromatic carboxylic acids is 1. The summed E-state index contributed by atoms with van der Waals surface area (Å²) in [4.78, 5) is 27.8. The summed E-state index contributed by atoms with van der Waals surface area (Å²) in [5, 5.41) is 11.1. The average molecular weight is 467 g/mol. The van der Waals surface area contributed by atoms with Gasteiger partial charge in [0.25, 0.3) is 0 Å². The van der Waals surface area contributed by atoms with Crippen molar-refractivity contribution in [1.82, 2.24) is 15.0 Å². The maximum Gasteiger partial charge on any atom is 0.336 e. The van der Waals surface area contributed by atoms with Gasteiger partial charge in [-0.3, -0.25) is 4.98 Å². The highest BCUT2D eigenvalue weighted by atomic mass is 28.3. The van der Waals surface area contributed by atoms with Crippen molar-refractivity contribution in [1.29, 1.82) is 0 Å². The summed E-state index contributed by atoms with van der Waals surface area (Å²) in [5.74, 6) is -0.0704. The van der Waals surface area contributed by atoms with Gasteiger partial charge in [0.15, 0.2) is 0 Å². The number of carboxylic acids is 1. The Hall–Kier alpha value is -2.67. The molecule has 1 aromatic carbocycles. The summed E-state index contributed by atoms with van der Waals surface area (Å²) < 4.78 is 0. The van der Waals surface area contributed by atoms with E-state index >= 15 is 0 Å². The van der Waals surface area contributed by atoms with Crippen LogP contribution in [0.25, 0.3) is 22.2 Å². The second-order valence-corrected chi connectivity index (χ2v) is 16.1. The maximum absolute atomic E-state index is 12.1. The van der Waals surface area contributed by atoms with E-state index in [-0.39, 0.29) is 11.6 Å². The van der Waals surface area contributed by atoms with Crippen LogP contribution in [0.3, 0.4) is 0 Å². The molecule has 2 aromatic heterocycles. The second kappa shape index (κ2) is 9.29. The van der Waals surface area contributed by atoms with Gasteiger partial charge in [-0.05, 0) is 54.2 Å². The molecule has 3 aromatic rings. The number of hydrogen-bond donors (Lipinski definition) is 2. The van der Waals surface area contributed by atoms with E-state index in [1.165, 1.54) is 0 Å². The van der Waals surface area contributed by atoms with E-state index in [4.69, 9.17) is 9.97 Å². The van der Waals surface area contributed by atoms with Crippen LogP contribution in [0.4, 0.5) is 5.82 Å². The number of carbonyl (C=O) groups is 1. The molecule has 0 aliphatic carbocycles. The third-order valence-electron chi connectivity index (χ3n) is 7.31. The Balaban J connectivity index is 2.46. The summed E-state index contributed by atoms with van der Waals surface area (Å²) in [6.45, 7) is 18.3. The Morgan fingerprint density at radius 2 is 1.55 bits per heavy atom. The molecule has 0 aliphatic rings. The van der Waals surface area contributed by atoms with Crippen molar-refractivity contribution in [2.75, 3.05) is 11.9 Å². The van der Waals surface area contributed by atoms with Crippen molar-refractivity contribution in [3.05, 3.63) is 36.2 Å². The molecule has 0 spiro atoms. The molecule has 7 heteroatoms. The van der Waals surface area contributed by atoms with E-state index < -0.39 is 14.0 Å². The van der Waals surface area contributed by atoms with Gasteiger partial charge >= 0.3 is 5.97 Å². The fourth-order valence-corrected chi connectivity index (χ4v) is 12.2. The Morgan fingerprint density at radius 1 is 0.970 bits per heavy atom. The van der Waals surface area contributed by atoms with Crippen LogP contribution >= 0.6 is 0 Å². The number of nitrogens with zero attached hydrogens (tertiary/aromatic N) is 3. The normalized spacial score (nSPS) is 12.5. The van der Waals surface area contributed by atoms with E-state index in [0.717, 1.165) is 22.2 Å². The zero-order chi connectivity index (χ0) is 24.7. The SMILES string of the molecule is CC(C)N(C)c1nc2cc(C(=O)O)c(-c3cc[nH]c3)cc2nc1[Si](C(C)C)(C(C)C)C(C)C. The highest BCUT2D eigenvalue weighted by molar-refractivity contribution is 6.95. The molecule has 178 valence electrons. The Morgan fingerprint density at radius 3 is 2.00 bits per heavy atom. The third kappa shape index (κ3) is 4.19. The number of rotatable bonds is 8. The van der Waals surface area contributed by atoms with Gasteiger partial charge in [-0.1, -0.05) is 41.5 Å². The molecule has 0 saturated heterocycles. The van der Waals surface area contributed by atoms with Crippen molar-refractivity contribution < 1.29 is 9.90 Å². The third-order valence-corrected chi connectivity index (χ3v) is 14.2. The summed E-state index contributed by atoms with van der Waals surface area (Å²) in [5.41, 5.74) is 4.54. The largest absolute Gasteiger partial charge is 0.478 e. The van der Waals surface area contributed by atoms with E-state index in [9.17, 15) is 9.90 Å². The van der Waals surface area contributed by atoms with Gasteiger partial charge in [0, 0.05) is 31.0 Å². The van der Waals surface area contributed by atoms with Crippen LogP contribution in [-0.4, -0.2) is 47.2 Å². The van der Waals surface area contributed by atoms with Crippen molar-refractivity contribution in [3.63, 3.8) is 0 Å². The smallest absolute Gasteiger partial charge is 0.336 e. The molecular formula is C26H38N4O2Si. The van der Waals surface area contributed by atoms with Crippen LogP contribution in [0, 0.1) is 0 Å². The van der Waals surface area contributed by atoms with Crippen molar-refractivity contribution >= 4 is 36.2 Å². The van der Waals surface area contributed by atoms with Crippen molar-refractivity contribution in [2.45, 2.75) is 78.1 Å². The number of carboxylic acid groups (broad SMARTS) is 1. The number of aromatic nitrogens is 3. The lowest BCUT2D eigenvalue weighted by Crippen LogP contribution is -2.59. The highest BCUT2D eigenvalue weighted by Gasteiger charge is 2.48. The second-order valence-electron chi connectivity index (χ2n) is 10.3. The minimum absolute atomic E-state index is 0.238. The number of anilines is 1. The zero-order valence-corrected chi connectivity index (χ0v) is 22.4. The first-order valence-corrected chi connectivity index (χ1v) is 14.1. The molecule has 2 heterocycles. The molecule has 0 amide bonds. The van der Waals surface area contributed by atoms with E-state index in [1.54, 1.807) is 12.3 Å². The summed E-state index contributed by atoms with van der Waals surface area (Å²) in [6, 6.07) is 5.71. The standard InChI is InChI=1S/C26H38N4O2Si/c1-15(2)30(9)24-25(33(16(3)4,17(5)6)18(7)8)29-23-12-20(19-10-11-27-14-19)21(26(31)32)13-22(23)28-24/h10-18,27H,1-9H3,(H,31,32). The highest BCUT2D eigenvalue weighted by Crippen LogP contribution is 2.42. The molecule has 3 rings (SSSR count). The molecule has 0 atom stereocenters. The predicted octanol–water partition coefficient (Wildman–Crippen LogP) is 6.05. The lowest BCUT2D eigenvalue weighted by Gasteiger charge is -2.44. The van der Waals surface area contributed by atoms with Gasteiger partial charge < -0.3 is 15.0 Å². The molecule has 0 radical (unpaired) electrons. The first kappa shape index (κ1) is 25.0. The van der Waals surface area contributed by atoms with Crippen LogP contribution in [0.15, 0.2) is 30.6 Å². The monoisotopic (exact) mass is 466 g/mol. The fourth-order valence-electron chi connectivity index (χ4n) is 5.60. The van der Waals surface area contributed by atoms with E-state index in [0.29, 0.717) is 27.7 Å². The first-order chi connectivity index (χ1) is 15.4. The predicted molar refractivity (Wildman–Crippen MR) is 141 cm³/mol. The molecule has 0 fully saturated rings. The number of aromatic amines is 1. The molecule has 2 N–H and O–H groups in total. The van der Waals surface area contributed by atoms with Crippen LogP contribution < -0.4 is 10.2 Å². The number of hydrogen-bond acceptors (Lipinski definition) is 4. The minimum atomic E-state index is -2.13. The molecule has 33 heavy (non-hydrogen) atoms. The average Bonchev–Trinajstić information content (AvgIpc) is 3.26. The van der Waals surface area contributed by atoms with Crippen LogP contribution in [0.1, 0.15) is 65.7 Å². The summed E-state index contributed by atoms with van der Waals surface area (Å²) in [6.07, 6.45) is 3.62. The fraction of sp³-hybridized carbons (Fsp3) is 0.500. The molecule has 6 nitrogen and oxygen atoms in total. The van der Waals surface area contributed by atoms with Gasteiger partial charge in [0.2, 0.25) is 0 Å². The van der Waals surface area contributed by atoms with Gasteiger partial charge in [0.1, 0.15) is 13.9 Å². The van der Waals surface area contributed by atoms with Crippen LogP contribution in [-0.2, 0) is 0 Å². The summed E-state index contributed by atoms with van der Waals surface area (Å²) in [7, 11) is -0.0650. The topological polar surface area (TPSA) is 82.1 Å². The van der Waals surface area contributed by atoms with Crippen LogP contribution in [0.2, 0.25) is 16.6 Å². The number of H-pyrrole nitrogens is 1. The molecule has 0 saturated carbocycles. The Bertz CT molecular complexity index is 1120. The summed E-state index contributed by atoms with van der Waals surface area (Å²) >= 11 is 0. The van der Waals surface area contributed by atoms with E-state index in [2.05, 4.69) is 72.3 Å². The molecular weight excluding hydrogens is 428 g/mol. The zero-order valence-electron chi connectivity index (χ0n) is 21.4. The van der Waals surface area contributed by atoms with Gasteiger partial charge in [-0.2, -0.15) is 0 Å². The van der Waals surface area contributed by atoms with Gasteiger partial charge in [0.05, 0.1) is 21.9 Å². The Kier molecular flexibility index (Phi) is 7.03. The first-order valence-electron chi connectivity index (χ1n) is 11.9. The van der Waals surface area contributed by atoms with Crippen molar-refractivity contribution in [3.8, 4) is 11.1 Å². The molecule has 0 bridgehead atoms. The minimum Gasteiger partial charge on any atom is -0.478 e. The number of benzene rings is 1. The van der Waals surface area contributed by atoms with E-state index in [1.807, 2.05) is 18.3 Å².